The van der Waals surface area contributed by atoms with Crippen molar-refractivity contribution in [2.24, 2.45) is 0 Å². The van der Waals surface area contributed by atoms with Gasteiger partial charge in [0.1, 0.15) is 5.75 Å². The molecule has 3 heteroatoms. The monoisotopic (exact) mass is 297 g/mol. The van der Waals surface area contributed by atoms with Gasteiger partial charge in [0, 0.05) is 5.69 Å². The molecule has 0 fully saturated rings. The predicted molar refractivity (Wildman–Crippen MR) is 90.6 cm³/mol. The number of nitrogens with one attached hydrogen (secondary N) is 1. The maximum absolute atomic E-state index is 12.3. The van der Waals surface area contributed by atoms with Gasteiger partial charge < -0.3 is 10.1 Å². The molecular weight excluding hydrogens is 274 g/mol. The maximum atomic E-state index is 12.3. The van der Waals surface area contributed by atoms with E-state index in [4.69, 9.17) is 4.74 Å². The lowest BCUT2D eigenvalue weighted by molar-refractivity contribution is -0.122. The van der Waals surface area contributed by atoms with Crippen LogP contribution in [-0.4, -0.2) is 12.0 Å². The zero-order chi connectivity index (χ0) is 16.3. The van der Waals surface area contributed by atoms with Crippen LogP contribution in [0.5, 0.6) is 5.75 Å². The Balaban J connectivity index is 2.07. The number of hydrogen-bond acceptors (Lipinski definition) is 2. The standard InChI is InChI=1S/C19H23NO2/c1-12-9-13(2)11-17(10-12)20-19(21)16(5)22-18-8-6-7-14(3)15(18)4/h6-11,16H,1-5H3,(H,20,21)/t16-/m1/s1. The van der Waals surface area contributed by atoms with Gasteiger partial charge in [-0.05, 0) is 75.1 Å². The van der Waals surface area contributed by atoms with Crippen LogP contribution in [0.1, 0.15) is 29.2 Å². The molecule has 0 spiro atoms. The number of hydrogen-bond donors (Lipinski definition) is 1. The van der Waals surface area contributed by atoms with Crippen LogP contribution in [0.3, 0.4) is 0 Å². The third-order valence-electron chi connectivity index (χ3n) is 3.72. The van der Waals surface area contributed by atoms with Crippen molar-refractivity contribution >= 4 is 11.6 Å². The molecule has 0 bridgehead atoms. The topological polar surface area (TPSA) is 38.3 Å². The highest BCUT2D eigenvalue weighted by molar-refractivity contribution is 5.94. The summed E-state index contributed by atoms with van der Waals surface area (Å²) in [5.41, 5.74) is 5.27. The molecule has 1 amide bonds. The van der Waals surface area contributed by atoms with Gasteiger partial charge in [0.25, 0.3) is 5.91 Å². The van der Waals surface area contributed by atoms with Gasteiger partial charge in [0.2, 0.25) is 0 Å². The highest BCUT2D eigenvalue weighted by atomic mass is 16.5. The predicted octanol–water partition coefficient (Wildman–Crippen LogP) is 4.33. The minimum Gasteiger partial charge on any atom is -0.481 e. The van der Waals surface area contributed by atoms with E-state index in [0.717, 1.165) is 33.7 Å². The third kappa shape index (κ3) is 3.88. The first-order valence-electron chi connectivity index (χ1n) is 7.49. The molecule has 2 rings (SSSR count). The van der Waals surface area contributed by atoms with Crippen LogP contribution in [0.2, 0.25) is 0 Å². The zero-order valence-corrected chi connectivity index (χ0v) is 13.9. The Morgan fingerprint density at radius 3 is 2.32 bits per heavy atom. The molecule has 0 heterocycles. The van der Waals surface area contributed by atoms with Gasteiger partial charge >= 0.3 is 0 Å². The molecule has 0 aliphatic heterocycles. The fraction of sp³-hybridized carbons (Fsp3) is 0.316. The largest absolute Gasteiger partial charge is 0.481 e. The average Bonchev–Trinajstić information content (AvgIpc) is 2.42. The van der Waals surface area contributed by atoms with Crippen LogP contribution in [0.4, 0.5) is 5.69 Å². The highest BCUT2D eigenvalue weighted by Crippen LogP contribution is 2.22. The Morgan fingerprint density at radius 2 is 1.68 bits per heavy atom. The Labute approximate surface area is 132 Å². The number of benzene rings is 2. The minimum absolute atomic E-state index is 0.147. The van der Waals surface area contributed by atoms with E-state index < -0.39 is 6.10 Å². The molecule has 0 aliphatic rings. The molecular formula is C19H23NO2. The summed E-state index contributed by atoms with van der Waals surface area (Å²) < 4.78 is 5.81. The molecule has 1 atom stereocenters. The van der Waals surface area contributed by atoms with Crippen LogP contribution < -0.4 is 10.1 Å². The van der Waals surface area contributed by atoms with Gasteiger partial charge in [-0.15, -0.1) is 0 Å². The van der Waals surface area contributed by atoms with Gasteiger partial charge in [-0.3, -0.25) is 4.79 Å². The van der Waals surface area contributed by atoms with Gasteiger partial charge in [0.05, 0.1) is 0 Å². The molecule has 2 aromatic carbocycles. The van der Waals surface area contributed by atoms with Crippen LogP contribution in [0.15, 0.2) is 36.4 Å². The molecule has 3 nitrogen and oxygen atoms in total. The summed E-state index contributed by atoms with van der Waals surface area (Å²) >= 11 is 0. The van der Waals surface area contributed by atoms with Crippen molar-refractivity contribution in [2.45, 2.75) is 40.7 Å². The van der Waals surface area contributed by atoms with Crippen molar-refractivity contribution in [1.29, 1.82) is 0 Å². The van der Waals surface area contributed by atoms with E-state index in [1.165, 1.54) is 0 Å². The van der Waals surface area contributed by atoms with Gasteiger partial charge in [-0.1, -0.05) is 18.2 Å². The van der Waals surface area contributed by atoms with E-state index in [-0.39, 0.29) is 5.91 Å². The fourth-order valence-electron chi connectivity index (χ4n) is 2.39. The molecule has 0 unspecified atom stereocenters. The van der Waals surface area contributed by atoms with E-state index in [2.05, 4.69) is 11.4 Å². The molecule has 0 saturated carbocycles. The second kappa shape index (κ2) is 6.65. The summed E-state index contributed by atoms with van der Waals surface area (Å²) in [5.74, 6) is 0.606. The number of anilines is 1. The second-order valence-corrected chi connectivity index (χ2v) is 5.82. The zero-order valence-electron chi connectivity index (χ0n) is 13.9. The Morgan fingerprint density at radius 1 is 1.05 bits per heavy atom. The molecule has 0 radical (unpaired) electrons. The smallest absolute Gasteiger partial charge is 0.265 e. The first-order valence-corrected chi connectivity index (χ1v) is 7.49. The van der Waals surface area contributed by atoms with Crippen molar-refractivity contribution in [3.8, 4) is 5.75 Å². The lowest BCUT2D eigenvalue weighted by atomic mass is 10.1. The number of ether oxygens (including phenoxy) is 1. The van der Waals surface area contributed by atoms with Crippen LogP contribution in [-0.2, 0) is 4.79 Å². The first kappa shape index (κ1) is 16.1. The van der Waals surface area contributed by atoms with E-state index in [9.17, 15) is 4.79 Å². The van der Waals surface area contributed by atoms with E-state index in [1.807, 2.05) is 58.0 Å². The van der Waals surface area contributed by atoms with Gasteiger partial charge in [-0.25, -0.2) is 0 Å². The molecule has 22 heavy (non-hydrogen) atoms. The molecule has 0 aromatic heterocycles. The number of carbonyl (C=O) groups is 1. The molecule has 0 aliphatic carbocycles. The van der Waals surface area contributed by atoms with E-state index >= 15 is 0 Å². The lowest BCUT2D eigenvalue weighted by Crippen LogP contribution is -2.30. The lowest BCUT2D eigenvalue weighted by Gasteiger charge is -2.17. The normalized spacial score (nSPS) is 11.9. The first-order chi connectivity index (χ1) is 10.4. The molecule has 116 valence electrons. The Bertz CT molecular complexity index is 672. The van der Waals surface area contributed by atoms with Crippen molar-refractivity contribution in [1.82, 2.24) is 0 Å². The maximum Gasteiger partial charge on any atom is 0.265 e. The summed E-state index contributed by atoms with van der Waals surface area (Å²) in [7, 11) is 0. The number of aryl methyl sites for hydroxylation is 3. The van der Waals surface area contributed by atoms with E-state index in [1.54, 1.807) is 6.92 Å². The fourth-order valence-corrected chi connectivity index (χ4v) is 2.39. The highest BCUT2D eigenvalue weighted by Gasteiger charge is 2.16. The Hall–Kier alpha value is -2.29. The molecule has 2 aromatic rings. The summed E-state index contributed by atoms with van der Waals surface area (Å²) in [4.78, 5) is 12.3. The summed E-state index contributed by atoms with van der Waals surface area (Å²) in [5, 5.41) is 2.91. The second-order valence-electron chi connectivity index (χ2n) is 5.82. The minimum atomic E-state index is -0.554. The number of rotatable bonds is 4. The van der Waals surface area contributed by atoms with E-state index in [0.29, 0.717) is 0 Å². The van der Waals surface area contributed by atoms with Crippen molar-refractivity contribution in [3.63, 3.8) is 0 Å². The molecule has 0 saturated heterocycles. The quantitative estimate of drug-likeness (QED) is 0.912. The molecule has 1 N–H and O–H groups in total. The average molecular weight is 297 g/mol. The van der Waals surface area contributed by atoms with Crippen molar-refractivity contribution in [3.05, 3.63) is 58.7 Å². The van der Waals surface area contributed by atoms with Gasteiger partial charge in [-0.2, -0.15) is 0 Å². The van der Waals surface area contributed by atoms with Crippen molar-refractivity contribution in [2.75, 3.05) is 5.32 Å². The SMILES string of the molecule is Cc1cc(C)cc(NC(=O)[C@@H](C)Oc2cccc(C)c2C)c1. The summed E-state index contributed by atoms with van der Waals surface area (Å²) in [6.07, 6.45) is -0.554. The third-order valence-corrected chi connectivity index (χ3v) is 3.72. The van der Waals surface area contributed by atoms with Crippen LogP contribution >= 0.6 is 0 Å². The van der Waals surface area contributed by atoms with Crippen LogP contribution in [0, 0.1) is 27.7 Å². The summed E-state index contributed by atoms with van der Waals surface area (Å²) in [6.45, 7) is 9.82. The number of amides is 1. The van der Waals surface area contributed by atoms with Gasteiger partial charge in [0.15, 0.2) is 6.10 Å². The number of carbonyl (C=O) groups excluding carboxylic acids is 1. The van der Waals surface area contributed by atoms with Crippen molar-refractivity contribution < 1.29 is 9.53 Å². The summed E-state index contributed by atoms with van der Waals surface area (Å²) in [6, 6.07) is 11.8. The van der Waals surface area contributed by atoms with Crippen LogP contribution in [0.25, 0.3) is 0 Å². The Kier molecular flexibility index (Phi) is 4.86.